The SMILES string of the molecule is O=C(CCOc1ccccc1Br)NC[C@@H]1CCC[C@H]1O. The quantitative estimate of drug-likeness (QED) is 0.835. The predicted molar refractivity (Wildman–Crippen MR) is 80.6 cm³/mol. The molecule has 1 aromatic carbocycles. The molecular formula is C15H20BrNO3. The van der Waals surface area contributed by atoms with Crippen LogP contribution < -0.4 is 10.1 Å². The Bertz CT molecular complexity index is 452. The Kier molecular flexibility index (Phi) is 5.86. The molecule has 0 radical (unpaired) electrons. The normalized spacial score (nSPS) is 21.7. The van der Waals surface area contributed by atoms with Crippen molar-refractivity contribution in [1.82, 2.24) is 5.32 Å². The first-order valence-corrected chi connectivity index (χ1v) is 7.78. The Morgan fingerprint density at radius 2 is 2.20 bits per heavy atom. The zero-order valence-electron chi connectivity index (χ0n) is 11.3. The van der Waals surface area contributed by atoms with E-state index in [1.165, 1.54) is 0 Å². The van der Waals surface area contributed by atoms with Crippen molar-refractivity contribution in [2.24, 2.45) is 5.92 Å². The largest absolute Gasteiger partial charge is 0.492 e. The summed E-state index contributed by atoms with van der Waals surface area (Å²) < 4.78 is 6.43. The van der Waals surface area contributed by atoms with Gasteiger partial charge in [0.05, 0.1) is 23.6 Å². The fourth-order valence-electron chi connectivity index (χ4n) is 2.40. The van der Waals surface area contributed by atoms with Crippen LogP contribution in [0.5, 0.6) is 5.75 Å². The number of hydrogen-bond donors (Lipinski definition) is 2. The molecule has 2 atom stereocenters. The summed E-state index contributed by atoms with van der Waals surface area (Å²) in [5, 5.41) is 12.5. The van der Waals surface area contributed by atoms with E-state index < -0.39 is 0 Å². The van der Waals surface area contributed by atoms with Gasteiger partial charge in [0, 0.05) is 12.5 Å². The Morgan fingerprint density at radius 1 is 1.40 bits per heavy atom. The molecule has 0 unspecified atom stereocenters. The van der Waals surface area contributed by atoms with Crippen molar-refractivity contribution in [3.05, 3.63) is 28.7 Å². The number of benzene rings is 1. The number of carbonyl (C=O) groups excluding carboxylic acids is 1. The highest BCUT2D eigenvalue weighted by molar-refractivity contribution is 9.10. The average molecular weight is 342 g/mol. The Morgan fingerprint density at radius 3 is 2.90 bits per heavy atom. The summed E-state index contributed by atoms with van der Waals surface area (Å²) >= 11 is 3.39. The molecule has 2 N–H and O–H groups in total. The van der Waals surface area contributed by atoms with Crippen molar-refractivity contribution in [2.75, 3.05) is 13.2 Å². The molecule has 5 heteroatoms. The molecule has 2 rings (SSSR count). The molecule has 110 valence electrons. The van der Waals surface area contributed by atoms with E-state index in [1.807, 2.05) is 24.3 Å². The number of aliphatic hydroxyl groups excluding tert-OH is 1. The van der Waals surface area contributed by atoms with Crippen LogP contribution >= 0.6 is 15.9 Å². The lowest BCUT2D eigenvalue weighted by Gasteiger charge is -2.15. The molecule has 0 aromatic heterocycles. The molecule has 1 aliphatic carbocycles. The molecule has 1 aliphatic rings. The summed E-state index contributed by atoms with van der Waals surface area (Å²) in [6.45, 7) is 0.913. The van der Waals surface area contributed by atoms with E-state index in [1.54, 1.807) is 0 Å². The second-order valence-corrected chi connectivity index (χ2v) is 5.95. The van der Waals surface area contributed by atoms with Gasteiger partial charge in [-0.15, -0.1) is 0 Å². The van der Waals surface area contributed by atoms with E-state index in [-0.39, 0.29) is 17.9 Å². The summed E-state index contributed by atoms with van der Waals surface area (Å²) in [6, 6.07) is 7.56. The highest BCUT2D eigenvalue weighted by Gasteiger charge is 2.25. The maximum atomic E-state index is 11.7. The Balaban J connectivity index is 1.64. The number of rotatable bonds is 6. The lowest BCUT2D eigenvalue weighted by molar-refractivity contribution is -0.121. The van der Waals surface area contributed by atoms with Crippen molar-refractivity contribution < 1.29 is 14.6 Å². The second kappa shape index (κ2) is 7.64. The topological polar surface area (TPSA) is 58.6 Å². The fourth-order valence-corrected chi connectivity index (χ4v) is 2.80. The lowest BCUT2D eigenvalue weighted by atomic mass is 10.1. The third kappa shape index (κ3) is 4.49. The maximum absolute atomic E-state index is 11.7. The number of aliphatic hydroxyl groups is 1. The third-order valence-electron chi connectivity index (χ3n) is 3.60. The predicted octanol–water partition coefficient (Wildman–Crippen LogP) is 2.50. The van der Waals surface area contributed by atoms with Gasteiger partial charge in [0.15, 0.2) is 0 Å². The van der Waals surface area contributed by atoms with Gasteiger partial charge in [-0.3, -0.25) is 4.79 Å². The van der Waals surface area contributed by atoms with Crippen molar-refractivity contribution in [2.45, 2.75) is 31.8 Å². The molecule has 0 heterocycles. The van der Waals surface area contributed by atoms with Crippen molar-refractivity contribution >= 4 is 21.8 Å². The highest BCUT2D eigenvalue weighted by atomic mass is 79.9. The molecular weight excluding hydrogens is 322 g/mol. The Labute approximate surface area is 127 Å². The minimum Gasteiger partial charge on any atom is -0.492 e. The zero-order chi connectivity index (χ0) is 14.4. The lowest BCUT2D eigenvalue weighted by Crippen LogP contribution is -2.33. The third-order valence-corrected chi connectivity index (χ3v) is 4.26. The van der Waals surface area contributed by atoms with Gasteiger partial charge in [-0.1, -0.05) is 18.6 Å². The summed E-state index contributed by atoms with van der Waals surface area (Å²) in [5.74, 6) is 0.922. The van der Waals surface area contributed by atoms with E-state index in [9.17, 15) is 9.90 Å². The minimum absolute atomic E-state index is 0.0313. The van der Waals surface area contributed by atoms with Crippen LogP contribution in [-0.2, 0) is 4.79 Å². The van der Waals surface area contributed by atoms with Gasteiger partial charge in [0.2, 0.25) is 5.91 Å². The van der Waals surface area contributed by atoms with Crippen LogP contribution in [0.15, 0.2) is 28.7 Å². The first-order valence-electron chi connectivity index (χ1n) is 6.99. The van der Waals surface area contributed by atoms with Gasteiger partial charge in [0.25, 0.3) is 0 Å². The van der Waals surface area contributed by atoms with Crippen LogP contribution in [0.3, 0.4) is 0 Å². The number of amides is 1. The number of hydrogen-bond acceptors (Lipinski definition) is 3. The molecule has 1 saturated carbocycles. The van der Waals surface area contributed by atoms with Gasteiger partial charge < -0.3 is 15.2 Å². The first kappa shape index (κ1) is 15.3. The summed E-state index contributed by atoms with van der Waals surface area (Å²) in [6.07, 6.45) is 2.96. The molecule has 0 bridgehead atoms. The number of nitrogens with one attached hydrogen (secondary N) is 1. The monoisotopic (exact) mass is 341 g/mol. The second-order valence-electron chi connectivity index (χ2n) is 5.09. The van der Waals surface area contributed by atoms with Gasteiger partial charge >= 0.3 is 0 Å². The first-order chi connectivity index (χ1) is 9.66. The minimum atomic E-state index is -0.258. The van der Waals surface area contributed by atoms with Crippen LogP contribution in [0.4, 0.5) is 0 Å². The van der Waals surface area contributed by atoms with Gasteiger partial charge in [-0.2, -0.15) is 0 Å². The van der Waals surface area contributed by atoms with Crippen molar-refractivity contribution in [3.63, 3.8) is 0 Å². The van der Waals surface area contributed by atoms with Crippen LogP contribution in [0.2, 0.25) is 0 Å². The van der Waals surface area contributed by atoms with E-state index in [4.69, 9.17) is 4.74 Å². The summed E-state index contributed by atoms with van der Waals surface area (Å²) in [5.41, 5.74) is 0. The smallest absolute Gasteiger partial charge is 0.223 e. The number of carbonyl (C=O) groups is 1. The van der Waals surface area contributed by atoms with Gasteiger partial charge in [0.1, 0.15) is 5.75 Å². The van der Waals surface area contributed by atoms with Crippen LogP contribution in [0.1, 0.15) is 25.7 Å². The summed E-state index contributed by atoms with van der Waals surface area (Å²) in [7, 11) is 0. The molecule has 4 nitrogen and oxygen atoms in total. The van der Waals surface area contributed by atoms with E-state index in [2.05, 4.69) is 21.2 Å². The van der Waals surface area contributed by atoms with Crippen LogP contribution in [0.25, 0.3) is 0 Å². The van der Waals surface area contributed by atoms with Crippen molar-refractivity contribution in [1.29, 1.82) is 0 Å². The van der Waals surface area contributed by atoms with Crippen molar-refractivity contribution in [3.8, 4) is 5.75 Å². The molecule has 1 amide bonds. The van der Waals surface area contributed by atoms with Gasteiger partial charge in [-0.05, 0) is 40.9 Å². The van der Waals surface area contributed by atoms with E-state index >= 15 is 0 Å². The summed E-state index contributed by atoms with van der Waals surface area (Å²) in [4.78, 5) is 11.7. The standard InChI is InChI=1S/C15H20BrNO3/c16-12-5-1-2-7-14(12)20-9-8-15(19)17-10-11-4-3-6-13(11)18/h1-2,5,7,11,13,18H,3-4,6,8-10H2,(H,17,19)/t11-,13+/m0/s1. The van der Waals surface area contributed by atoms with E-state index in [0.29, 0.717) is 19.6 Å². The number of para-hydroxylation sites is 1. The zero-order valence-corrected chi connectivity index (χ0v) is 12.9. The molecule has 1 aromatic rings. The molecule has 0 aliphatic heterocycles. The highest BCUT2D eigenvalue weighted by Crippen LogP contribution is 2.25. The van der Waals surface area contributed by atoms with Gasteiger partial charge in [-0.25, -0.2) is 0 Å². The Hall–Kier alpha value is -1.07. The van der Waals surface area contributed by atoms with Crippen LogP contribution in [0, 0.1) is 5.92 Å². The molecule has 0 saturated heterocycles. The molecule has 20 heavy (non-hydrogen) atoms. The maximum Gasteiger partial charge on any atom is 0.223 e. The number of halogens is 1. The van der Waals surface area contributed by atoms with E-state index in [0.717, 1.165) is 29.5 Å². The molecule has 1 fully saturated rings. The fraction of sp³-hybridized carbons (Fsp3) is 0.533. The molecule has 0 spiro atoms. The average Bonchev–Trinajstić information content (AvgIpc) is 2.84. The number of ether oxygens (including phenoxy) is 1. The van der Waals surface area contributed by atoms with Crippen LogP contribution in [-0.4, -0.2) is 30.3 Å².